The van der Waals surface area contributed by atoms with Crippen molar-refractivity contribution >= 4 is 0 Å². The van der Waals surface area contributed by atoms with Gasteiger partial charge in [-0.25, -0.2) is 13.2 Å². The summed E-state index contributed by atoms with van der Waals surface area (Å²) in [6.07, 6.45) is 0.792. The van der Waals surface area contributed by atoms with Gasteiger partial charge in [0.15, 0.2) is 11.6 Å². The number of nitrogens with zero attached hydrogens (tertiary/aromatic N) is 1. The van der Waals surface area contributed by atoms with Crippen LogP contribution in [0.15, 0.2) is 54.6 Å². The summed E-state index contributed by atoms with van der Waals surface area (Å²) in [6.45, 7) is 2.45. The Labute approximate surface area is 205 Å². The molecular weight excluding hydrogens is 480 g/mol. The number of ether oxygens (including phenoxy) is 1. The molecule has 0 radical (unpaired) electrons. The van der Waals surface area contributed by atoms with Gasteiger partial charge >= 0.3 is 6.36 Å². The third-order valence-corrected chi connectivity index (χ3v) is 7.32. The van der Waals surface area contributed by atoms with Crippen molar-refractivity contribution in [2.45, 2.75) is 50.4 Å². The number of hydrogen-bond acceptors (Lipinski definition) is 2. The van der Waals surface area contributed by atoms with E-state index >= 15 is 0 Å². The van der Waals surface area contributed by atoms with Crippen molar-refractivity contribution in [2.24, 2.45) is 0 Å². The summed E-state index contributed by atoms with van der Waals surface area (Å²) in [5.74, 6) is -4.94. The maximum atomic E-state index is 14.9. The molecule has 0 bridgehead atoms. The van der Waals surface area contributed by atoms with Gasteiger partial charge in [0, 0.05) is 11.6 Å². The Kier molecular flexibility index (Phi) is 6.72. The number of likely N-dealkylation sites (tertiary alicyclic amines) is 1. The Morgan fingerprint density at radius 1 is 0.694 bits per heavy atom. The first kappa shape index (κ1) is 24.7. The minimum Gasteiger partial charge on any atom is -0.399 e. The number of halogens is 6. The summed E-state index contributed by atoms with van der Waals surface area (Å²) in [5.41, 5.74) is 2.29. The van der Waals surface area contributed by atoms with Gasteiger partial charge in [0.05, 0.1) is 0 Å². The molecule has 1 saturated carbocycles. The Balaban J connectivity index is 1.30. The molecule has 8 heteroatoms. The number of benzene rings is 3. The molecule has 0 amide bonds. The van der Waals surface area contributed by atoms with E-state index in [0.29, 0.717) is 29.7 Å². The fourth-order valence-corrected chi connectivity index (χ4v) is 5.29. The highest BCUT2D eigenvalue weighted by Crippen LogP contribution is 2.38. The average Bonchev–Trinajstić information content (AvgIpc) is 2.80. The normalized spacial score (nSPS) is 20.7. The Morgan fingerprint density at radius 3 is 1.81 bits per heavy atom. The molecule has 5 rings (SSSR count). The van der Waals surface area contributed by atoms with Gasteiger partial charge in [-0.2, -0.15) is 0 Å². The molecule has 1 heterocycles. The van der Waals surface area contributed by atoms with Crippen molar-refractivity contribution in [2.75, 3.05) is 13.1 Å². The molecule has 0 N–H and O–H groups in total. The van der Waals surface area contributed by atoms with Crippen LogP contribution in [0.3, 0.4) is 0 Å². The van der Waals surface area contributed by atoms with Crippen molar-refractivity contribution < 1.29 is 31.1 Å². The first-order valence-electron chi connectivity index (χ1n) is 12.1. The van der Waals surface area contributed by atoms with E-state index < -0.39 is 29.6 Å². The van der Waals surface area contributed by atoms with Crippen LogP contribution in [0.4, 0.5) is 26.3 Å². The fourth-order valence-electron chi connectivity index (χ4n) is 5.29. The topological polar surface area (TPSA) is 12.5 Å². The van der Waals surface area contributed by atoms with E-state index in [4.69, 9.17) is 0 Å². The zero-order valence-corrected chi connectivity index (χ0v) is 19.4. The van der Waals surface area contributed by atoms with Crippen LogP contribution >= 0.6 is 0 Å². The third kappa shape index (κ3) is 5.24. The minimum absolute atomic E-state index is 0.134. The molecule has 1 aliphatic carbocycles. The molecule has 3 aromatic carbocycles. The molecule has 2 fully saturated rings. The van der Waals surface area contributed by atoms with Gasteiger partial charge in [-0.05, 0) is 91.6 Å². The second-order valence-electron chi connectivity index (χ2n) is 9.53. The molecule has 0 aromatic heterocycles. The van der Waals surface area contributed by atoms with Crippen LogP contribution in [0.2, 0.25) is 0 Å². The van der Waals surface area contributed by atoms with E-state index in [1.165, 1.54) is 50.0 Å². The molecule has 0 unspecified atom stereocenters. The summed E-state index contributed by atoms with van der Waals surface area (Å²) in [4.78, 5) is 2.57. The van der Waals surface area contributed by atoms with Gasteiger partial charge in [-0.15, -0.1) is 13.2 Å². The second kappa shape index (κ2) is 9.81. The molecule has 1 aliphatic heterocycles. The molecule has 0 spiro atoms. The molecule has 1 saturated heterocycles. The third-order valence-electron chi connectivity index (χ3n) is 7.32. The van der Waals surface area contributed by atoms with Crippen molar-refractivity contribution in [3.63, 3.8) is 0 Å². The molecule has 0 atom stereocenters. The highest BCUT2D eigenvalue weighted by molar-refractivity contribution is 5.71. The van der Waals surface area contributed by atoms with E-state index in [0.717, 1.165) is 18.4 Å². The lowest BCUT2D eigenvalue weighted by Gasteiger charge is -2.42. The number of alkyl halides is 3. The van der Waals surface area contributed by atoms with Crippen molar-refractivity contribution in [3.05, 3.63) is 77.6 Å². The van der Waals surface area contributed by atoms with E-state index in [2.05, 4.69) is 21.8 Å². The Morgan fingerprint density at radius 2 is 1.28 bits per heavy atom. The predicted octanol–water partition coefficient (Wildman–Crippen LogP) is 8.07. The van der Waals surface area contributed by atoms with Crippen molar-refractivity contribution in [1.82, 2.24) is 4.90 Å². The second-order valence-corrected chi connectivity index (χ2v) is 9.53. The van der Waals surface area contributed by atoms with Gasteiger partial charge in [-0.3, -0.25) is 0 Å². The average molecular weight is 506 g/mol. The molecule has 3 aromatic rings. The van der Waals surface area contributed by atoms with Crippen LogP contribution in [0.1, 0.15) is 43.6 Å². The summed E-state index contributed by atoms with van der Waals surface area (Å²) >= 11 is 0. The summed E-state index contributed by atoms with van der Waals surface area (Å²) in [5, 5.41) is 0. The van der Waals surface area contributed by atoms with E-state index in [1.807, 2.05) is 12.1 Å². The predicted molar refractivity (Wildman–Crippen MR) is 125 cm³/mol. The van der Waals surface area contributed by atoms with Gasteiger partial charge in [0.25, 0.3) is 0 Å². The van der Waals surface area contributed by atoms with Crippen LogP contribution in [0.5, 0.6) is 5.75 Å². The maximum absolute atomic E-state index is 14.9. The van der Waals surface area contributed by atoms with Crippen LogP contribution in [0, 0.1) is 17.5 Å². The molecule has 2 aliphatic rings. The number of hydrogen-bond donors (Lipinski definition) is 0. The first-order chi connectivity index (χ1) is 17.2. The van der Waals surface area contributed by atoms with Gasteiger partial charge in [0.1, 0.15) is 5.82 Å². The SMILES string of the molecule is Fc1cc(-c2ccc(C3CCC(N4CCC4)CC3)cc2)ccc1-c1cc(F)c(OC(F)(F)F)c(F)c1. The standard InChI is InChI=1S/C28H25F6NO/c29-24-14-20(8-11-23(24)21-15-25(30)27(26(31)16-21)36-28(32,33)34)19-4-2-17(3-5-19)18-6-9-22(10-7-18)35-12-1-13-35/h2-5,8,11,14-16,18,22H,1,6-7,9-10,12-13H2. The first-order valence-corrected chi connectivity index (χ1v) is 12.1. The lowest BCUT2D eigenvalue weighted by Crippen LogP contribution is -2.46. The van der Waals surface area contributed by atoms with Gasteiger partial charge < -0.3 is 9.64 Å². The zero-order chi connectivity index (χ0) is 25.4. The Hall–Kier alpha value is -3.00. The van der Waals surface area contributed by atoms with Crippen molar-refractivity contribution in [3.8, 4) is 28.0 Å². The molecule has 2 nitrogen and oxygen atoms in total. The van der Waals surface area contributed by atoms with E-state index in [9.17, 15) is 26.3 Å². The monoisotopic (exact) mass is 505 g/mol. The summed E-state index contributed by atoms with van der Waals surface area (Å²) < 4.78 is 83.6. The fraction of sp³-hybridized carbons (Fsp3) is 0.357. The van der Waals surface area contributed by atoms with Crippen LogP contribution < -0.4 is 4.74 Å². The quantitative estimate of drug-likeness (QED) is 0.325. The molecular formula is C28H25F6NO. The maximum Gasteiger partial charge on any atom is 0.573 e. The smallest absolute Gasteiger partial charge is 0.399 e. The van der Waals surface area contributed by atoms with Gasteiger partial charge in [0.2, 0.25) is 5.75 Å². The largest absolute Gasteiger partial charge is 0.573 e. The minimum atomic E-state index is -5.25. The summed E-state index contributed by atoms with van der Waals surface area (Å²) in [6, 6.07) is 14.2. The van der Waals surface area contributed by atoms with E-state index in [-0.39, 0.29) is 11.1 Å². The highest BCUT2D eigenvalue weighted by Gasteiger charge is 2.34. The van der Waals surface area contributed by atoms with Crippen LogP contribution in [0.25, 0.3) is 22.3 Å². The van der Waals surface area contributed by atoms with E-state index in [1.54, 1.807) is 6.07 Å². The van der Waals surface area contributed by atoms with Crippen LogP contribution in [-0.2, 0) is 0 Å². The highest BCUT2D eigenvalue weighted by atomic mass is 19.4. The number of rotatable bonds is 5. The Bertz CT molecular complexity index is 1200. The lowest BCUT2D eigenvalue weighted by atomic mass is 9.80. The molecule has 190 valence electrons. The lowest BCUT2D eigenvalue weighted by molar-refractivity contribution is -0.276. The summed E-state index contributed by atoms with van der Waals surface area (Å²) in [7, 11) is 0. The van der Waals surface area contributed by atoms with Gasteiger partial charge in [-0.1, -0.05) is 36.4 Å². The van der Waals surface area contributed by atoms with Crippen molar-refractivity contribution in [1.29, 1.82) is 0 Å². The van der Waals surface area contributed by atoms with Crippen LogP contribution in [-0.4, -0.2) is 30.4 Å². The zero-order valence-electron chi connectivity index (χ0n) is 19.4. The molecule has 36 heavy (non-hydrogen) atoms.